The van der Waals surface area contributed by atoms with Crippen LogP contribution in [0.4, 0.5) is 4.79 Å². The Kier molecular flexibility index (Phi) is 4.26. The molecule has 104 valence electrons. The third-order valence-electron chi connectivity index (χ3n) is 3.36. The summed E-state index contributed by atoms with van der Waals surface area (Å²) >= 11 is 0. The minimum atomic E-state index is -1.00. The van der Waals surface area contributed by atoms with Gasteiger partial charge < -0.3 is 10.4 Å². The molecule has 1 atom stereocenters. The Bertz CT molecular complexity index is 545. The van der Waals surface area contributed by atoms with Gasteiger partial charge in [0.25, 0.3) is 5.91 Å². The minimum absolute atomic E-state index is 0.285. The summed E-state index contributed by atoms with van der Waals surface area (Å²) in [5, 5.41) is 11.9. The van der Waals surface area contributed by atoms with E-state index in [0.717, 1.165) is 12.8 Å². The van der Waals surface area contributed by atoms with E-state index in [1.54, 1.807) is 24.3 Å². The van der Waals surface area contributed by atoms with Gasteiger partial charge in [-0.25, -0.2) is 4.79 Å². The van der Waals surface area contributed by atoms with Crippen molar-refractivity contribution in [3.05, 3.63) is 35.4 Å². The van der Waals surface area contributed by atoms with Crippen LogP contribution < -0.4 is 5.32 Å². The number of terminal acetylenes is 1. The predicted octanol–water partition coefficient (Wildman–Crippen LogP) is 1.89. The van der Waals surface area contributed by atoms with Gasteiger partial charge in [-0.2, -0.15) is 0 Å². The summed E-state index contributed by atoms with van der Waals surface area (Å²) in [5.74, 6) is 2.19. The summed E-state index contributed by atoms with van der Waals surface area (Å²) in [7, 11) is 0. The number of hydrogen-bond donors (Lipinski definition) is 2. The van der Waals surface area contributed by atoms with E-state index < -0.39 is 12.3 Å². The molecule has 0 saturated carbocycles. The number of likely N-dealkylation sites (tertiary alicyclic amines) is 1. The van der Waals surface area contributed by atoms with Crippen LogP contribution in [-0.2, 0) is 0 Å². The highest BCUT2D eigenvalue weighted by atomic mass is 16.4. The number of benzene rings is 1. The van der Waals surface area contributed by atoms with E-state index in [1.807, 2.05) is 0 Å². The average Bonchev–Trinajstić information content (AvgIpc) is 2.47. The van der Waals surface area contributed by atoms with Crippen LogP contribution in [-0.4, -0.2) is 34.7 Å². The molecule has 20 heavy (non-hydrogen) atoms. The molecule has 1 aliphatic heterocycles. The number of rotatable bonds is 2. The second-order valence-corrected chi connectivity index (χ2v) is 4.68. The Morgan fingerprint density at radius 3 is 2.60 bits per heavy atom. The first-order valence-electron chi connectivity index (χ1n) is 6.49. The number of piperidine rings is 1. The van der Waals surface area contributed by atoms with E-state index in [0.29, 0.717) is 24.1 Å². The Morgan fingerprint density at radius 2 is 2.00 bits per heavy atom. The number of nitrogens with zero attached hydrogens (tertiary/aromatic N) is 1. The number of carbonyl (C=O) groups excluding carboxylic acids is 1. The lowest BCUT2D eigenvalue weighted by Gasteiger charge is -2.33. The van der Waals surface area contributed by atoms with Gasteiger partial charge in [0.1, 0.15) is 6.17 Å². The van der Waals surface area contributed by atoms with E-state index in [4.69, 9.17) is 11.5 Å². The topological polar surface area (TPSA) is 69.6 Å². The molecule has 2 N–H and O–H groups in total. The van der Waals surface area contributed by atoms with Crippen molar-refractivity contribution in [2.45, 2.75) is 25.4 Å². The number of carboxylic acid groups (broad SMARTS) is 1. The van der Waals surface area contributed by atoms with Crippen molar-refractivity contribution < 1.29 is 14.7 Å². The second-order valence-electron chi connectivity index (χ2n) is 4.68. The zero-order valence-electron chi connectivity index (χ0n) is 11.0. The van der Waals surface area contributed by atoms with Gasteiger partial charge in [-0.3, -0.25) is 9.69 Å². The Labute approximate surface area is 117 Å². The lowest BCUT2D eigenvalue weighted by Crippen LogP contribution is -2.52. The molecular formula is C15H16N2O3. The quantitative estimate of drug-likeness (QED) is 0.808. The highest BCUT2D eigenvalue weighted by molar-refractivity contribution is 5.94. The monoisotopic (exact) mass is 272 g/mol. The lowest BCUT2D eigenvalue weighted by molar-refractivity contribution is 0.0746. The highest BCUT2D eigenvalue weighted by Gasteiger charge is 2.27. The molecule has 0 aliphatic carbocycles. The van der Waals surface area contributed by atoms with Gasteiger partial charge in [0, 0.05) is 17.7 Å². The van der Waals surface area contributed by atoms with Crippen LogP contribution in [0.25, 0.3) is 0 Å². The maximum Gasteiger partial charge on any atom is 0.408 e. The minimum Gasteiger partial charge on any atom is -0.465 e. The van der Waals surface area contributed by atoms with Crippen LogP contribution in [0.5, 0.6) is 0 Å². The molecule has 1 aliphatic rings. The summed E-state index contributed by atoms with van der Waals surface area (Å²) in [6.45, 7) is 0.455. The summed E-state index contributed by atoms with van der Waals surface area (Å²) in [5.41, 5.74) is 1.17. The summed E-state index contributed by atoms with van der Waals surface area (Å²) < 4.78 is 0. The number of nitrogens with one attached hydrogen (secondary N) is 1. The van der Waals surface area contributed by atoms with Crippen LogP contribution in [0.2, 0.25) is 0 Å². The van der Waals surface area contributed by atoms with Crippen LogP contribution in [0, 0.1) is 12.3 Å². The molecule has 1 heterocycles. The van der Waals surface area contributed by atoms with Crippen LogP contribution in [0.1, 0.15) is 35.2 Å². The van der Waals surface area contributed by atoms with Gasteiger partial charge in [-0.05, 0) is 43.5 Å². The Balaban J connectivity index is 2.05. The summed E-state index contributed by atoms with van der Waals surface area (Å²) in [4.78, 5) is 24.5. The maximum atomic E-state index is 12.1. The van der Waals surface area contributed by atoms with Crippen molar-refractivity contribution in [2.75, 3.05) is 6.54 Å². The molecule has 5 nitrogen and oxygen atoms in total. The first kappa shape index (κ1) is 13.9. The van der Waals surface area contributed by atoms with Crippen LogP contribution >= 0.6 is 0 Å². The van der Waals surface area contributed by atoms with Crippen molar-refractivity contribution >= 4 is 12.0 Å². The fourth-order valence-electron chi connectivity index (χ4n) is 2.26. The third kappa shape index (κ3) is 3.09. The van der Waals surface area contributed by atoms with Gasteiger partial charge in [0.15, 0.2) is 0 Å². The molecule has 1 saturated heterocycles. The molecule has 1 fully saturated rings. The summed E-state index contributed by atoms with van der Waals surface area (Å²) in [6, 6.07) is 6.65. The van der Waals surface area contributed by atoms with Gasteiger partial charge in [-0.15, -0.1) is 6.42 Å². The molecule has 0 radical (unpaired) electrons. The normalized spacial score (nSPS) is 18.1. The molecule has 1 aromatic carbocycles. The van der Waals surface area contributed by atoms with Crippen LogP contribution in [0.15, 0.2) is 24.3 Å². The molecule has 1 aromatic rings. The van der Waals surface area contributed by atoms with E-state index in [1.165, 1.54) is 4.90 Å². The first-order valence-corrected chi connectivity index (χ1v) is 6.49. The summed E-state index contributed by atoms with van der Waals surface area (Å²) in [6.07, 6.45) is 6.17. The first-order chi connectivity index (χ1) is 9.61. The van der Waals surface area contributed by atoms with E-state index >= 15 is 0 Å². The number of amides is 2. The van der Waals surface area contributed by atoms with Gasteiger partial charge in [-0.1, -0.05) is 5.92 Å². The zero-order valence-corrected chi connectivity index (χ0v) is 11.0. The fraction of sp³-hybridized carbons (Fsp3) is 0.333. The van der Waals surface area contributed by atoms with E-state index in [-0.39, 0.29) is 5.91 Å². The highest BCUT2D eigenvalue weighted by Crippen LogP contribution is 2.15. The SMILES string of the molecule is C#Cc1ccc(C(=O)NC2CCCCN2C(=O)O)cc1. The van der Waals surface area contributed by atoms with E-state index in [9.17, 15) is 9.59 Å². The predicted molar refractivity (Wildman–Crippen MR) is 74.2 cm³/mol. The maximum absolute atomic E-state index is 12.1. The number of hydrogen-bond acceptors (Lipinski definition) is 2. The average molecular weight is 272 g/mol. The third-order valence-corrected chi connectivity index (χ3v) is 3.36. The molecular weight excluding hydrogens is 256 g/mol. The van der Waals surface area contributed by atoms with Crippen molar-refractivity contribution in [1.29, 1.82) is 0 Å². The zero-order chi connectivity index (χ0) is 14.5. The molecule has 0 spiro atoms. The van der Waals surface area contributed by atoms with Gasteiger partial charge >= 0.3 is 6.09 Å². The van der Waals surface area contributed by atoms with Crippen molar-refractivity contribution in [1.82, 2.24) is 10.2 Å². The van der Waals surface area contributed by atoms with Gasteiger partial charge in [0.2, 0.25) is 0 Å². The van der Waals surface area contributed by atoms with Crippen molar-refractivity contribution in [3.8, 4) is 12.3 Å². The Hall–Kier alpha value is -2.48. The largest absolute Gasteiger partial charge is 0.465 e. The van der Waals surface area contributed by atoms with Gasteiger partial charge in [0.05, 0.1) is 0 Å². The second kappa shape index (κ2) is 6.11. The van der Waals surface area contributed by atoms with Crippen molar-refractivity contribution in [2.24, 2.45) is 0 Å². The molecule has 2 amide bonds. The molecule has 0 aromatic heterocycles. The number of carbonyl (C=O) groups is 2. The Morgan fingerprint density at radius 1 is 1.30 bits per heavy atom. The molecule has 1 unspecified atom stereocenters. The lowest BCUT2D eigenvalue weighted by atomic mass is 10.1. The molecule has 5 heteroatoms. The molecule has 2 rings (SSSR count). The smallest absolute Gasteiger partial charge is 0.408 e. The van der Waals surface area contributed by atoms with Crippen molar-refractivity contribution in [3.63, 3.8) is 0 Å². The fourth-order valence-corrected chi connectivity index (χ4v) is 2.26. The standard InChI is InChI=1S/C15H16N2O3/c1-2-11-6-8-12(9-7-11)14(18)16-13-5-3-4-10-17(13)15(19)20/h1,6-9,13H,3-5,10H2,(H,16,18)(H,19,20). The van der Waals surface area contributed by atoms with Crippen LogP contribution in [0.3, 0.4) is 0 Å². The van der Waals surface area contributed by atoms with E-state index in [2.05, 4.69) is 11.2 Å². The molecule has 0 bridgehead atoms.